The maximum Gasteiger partial charge on any atom is 0.340 e. The zero-order valence-electron chi connectivity index (χ0n) is 16.6. The van der Waals surface area contributed by atoms with Crippen molar-refractivity contribution in [2.75, 3.05) is 77.5 Å². The van der Waals surface area contributed by atoms with Gasteiger partial charge >= 0.3 is 12.0 Å². The number of amides is 2. The van der Waals surface area contributed by atoms with E-state index in [-0.39, 0.29) is 6.03 Å². The number of carbonyl (C=O) groups excluding carboxylic acids is 2. The number of hydrogen-bond donors (Lipinski definition) is 1. The lowest BCUT2D eigenvalue weighted by Gasteiger charge is -2.36. The van der Waals surface area contributed by atoms with E-state index < -0.39 is 5.97 Å². The smallest absolute Gasteiger partial charge is 0.340 e. The van der Waals surface area contributed by atoms with Crippen LogP contribution in [0.15, 0.2) is 24.3 Å². The monoisotopic (exact) mass is 390 g/mol. The Balaban J connectivity index is 1.46. The Morgan fingerprint density at radius 1 is 1.00 bits per heavy atom. The van der Waals surface area contributed by atoms with Crippen LogP contribution >= 0.6 is 0 Å². The highest BCUT2D eigenvalue weighted by atomic mass is 16.5. The number of nitrogens with one attached hydrogen (secondary N) is 1. The van der Waals surface area contributed by atoms with Crippen LogP contribution in [0.5, 0.6) is 0 Å². The van der Waals surface area contributed by atoms with Crippen molar-refractivity contribution < 1.29 is 19.1 Å². The highest BCUT2D eigenvalue weighted by Crippen LogP contribution is 2.17. The summed E-state index contributed by atoms with van der Waals surface area (Å²) in [6.07, 6.45) is 0. The fourth-order valence-corrected chi connectivity index (χ4v) is 3.46. The normalized spacial score (nSPS) is 18.7. The molecule has 2 aliphatic rings. The Morgan fingerprint density at radius 2 is 1.64 bits per heavy atom. The largest absolute Gasteiger partial charge is 0.462 e. The lowest BCUT2D eigenvalue weighted by Crippen LogP contribution is -2.52. The molecule has 0 aromatic heterocycles. The van der Waals surface area contributed by atoms with Gasteiger partial charge in [0.15, 0.2) is 0 Å². The van der Waals surface area contributed by atoms with Gasteiger partial charge < -0.3 is 19.7 Å². The van der Waals surface area contributed by atoms with Crippen molar-refractivity contribution in [2.45, 2.75) is 6.92 Å². The standard InChI is InChI=1S/C20H30N4O4/c1-2-28-19(25)17-5-3-4-6-18(17)21-20(26)24-11-9-22(10-12-24)7-8-23-13-15-27-16-14-23/h3-6H,2,7-16H2,1H3,(H,21,26). The predicted octanol–water partition coefficient (Wildman–Crippen LogP) is 1.35. The summed E-state index contributed by atoms with van der Waals surface area (Å²) in [5, 5.41) is 2.86. The zero-order valence-corrected chi connectivity index (χ0v) is 16.6. The van der Waals surface area contributed by atoms with Gasteiger partial charge in [0.25, 0.3) is 0 Å². The molecule has 0 unspecified atom stereocenters. The number of hydrogen-bond acceptors (Lipinski definition) is 6. The first-order valence-electron chi connectivity index (χ1n) is 10.0. The number of para-hydroxylation sites is 1. The van der Waals surface area contributed by atoms with Crippen LogP contribution in [0.1, 0.15) is 17.3 Å². The molecule has 28 heavy (non-hydrogen) atoms. The molecule has 1 aromatic carbocycles. The minimum absolute atomic E-state index is 0.176. The second kappa shape index (κ2) is 10.4. The summed E-state index contributed by atoms with van der Waals surface area (Å²) in [6, 6.07) is 6.77. The average Bonchev–Trinajstić information content (AvgIpc) is 2.74. The van der Waals surface area contributed by atoms with E-state index in [1.54, 1.807) is 36.1 Å². The van der Waals surface area contributed by atoms with Gasteiger partial charge in [-0.2, -0.15) is 0 Å². The van der Waals surface area contributed by atoms with E-state index in [1.165, 1.54) is 0 Å². The average molecular weight is 390 g/mol. The number of anilines is 1. The molecule has 2 saturated heterocycles. The fourth-order valence-electron chi connectivity index (χ4n) is 3.46. The maximum absolute atomic E-state index is 12.6. The van der Waals surface area contributed by atoms with Gasteiger partial charge in [-0.05, 0) is 19.1 Å². The Hall–Kier alpha value is -2.16. The topological polar surface area (TPSA) is 74.4 Å². The number of morpholine rings is 1. The number of benzene rings is 1. The van der Waals surface area contributed by atoms with Crippen LogP contribution in [-0.2, 0) is 9.47 Å². The molecule has 2 heterocycles. The van der Waals surface area contributed by atoms with Crippen molar-refractivity contribution in [1.29, 1.82) is 0 Å². The molecule has 0 bridgehead atoms. The maximum atomic E-state index is 12.6. The molecule has 8 heteroatoms. The third kappa shape index (κ3) is 5.67. The summed E-state index contributed by atoms with van der Waals surface area (Å²) >= 11 is 0. The number of ether oxygens (including phenoxy) is 2. The minimum Gasteiger partial charge on any atom is -0.462 e. The van der Waals surface area contributed by atoms with E-state index in [0.29, 0.717) is 30.9 Å². The molecule has 1 aromatic rings. The molecule has 2 aliphatic heterocycles. The quantitative estimate of drug-likeness (QED) is 0.739. The van der Waals surface area contributed by atoms with Crippen molar-refractivity contribution in [3.8, 4) is 0 Å². The number of carbonyl (C=O) groups is 2. The van der Waals surface area contributed by atoms with Gasteiger partial charge in [-0.15, -0.1) is 0 Å². The molecule has 0 atom stereocenters. The van der Waals surface area contributed by atoms with E-state index in [4.69, 9.17) is 9.47 Å². The van der Waals surface area contributed by atoms with Crippen LogP contribution in [0.2, 0.25) is 0 Å². The first kappa shape index (κ1) is 20.6. The molecule has 0 aliphatic carbocycles. The third-order valence-electron chi connectivity index (χ3n) is 5.16. The Morgan fingerprint density at radius 3 is 2.32 bits per heavy atom. The molecule has 2 fully saturated rings. The summed E-state index contributed by atoms with van der Waals surface area (Å²) in [5.74, 6) is -0.425. The lowest BCUT2D eigenvalue weighted by atomic mass is 10.2. The first-order valence-corrected chi connectivity index (χ1v) is 10.0. The van der Waals surface area contributed by atoms with Crippen molar-refractivity contribution in [1.82, 2.24) is 14.7 Å². The van der Waals surface area contributed by atoms with Crippen LogP contribution in [0.4, 0.5) is 10.5 Å². The first-order chi connectivity index (χ1) is 13.7. The van der Waals surface area contributed by atoms with Crippen molar-refractivity contribution in [3.63, 3.8) is 0 Å². The van der Waals surface area contributed by atoms with Gasteiger partial charge in [0, 0.05) is 52.4 Å². The summed E-state index contributed by atoms with van der Waals surface area (Å²) in [6.45, 7) is 10.8. The second-order valence-electron chi connectivity index (χ2n) is 6.98. The summed E-state index contributed by atoms with van der Waals surface area (Å²) in [5.41, 5.74) is 0.863. The predicted molar refractivity (Wildman–Crippen MR) is 107 cm³/mol. The molecule has 0 spiro atoms. The minimum atomic E-state index is -0.425. The van der Waals surface area contributed by atoms with Crippen molar-refractivity contribution >= 4 is 17.7 Å². The SMILES string of the molecule is CCOC(=O)c1ccccc1NC(=O)N1CCN(CCN2CCOCC2)CC1. The molecule has 8 nitrogen and oxygen atoms in total. The molecule has 0 saturated carbocycles. The number of rotatable bonds is 6. The van der Waals surface area contributed by atoms with Gasteiger partial charge in [-0.25, -0.2) is 9.59 Å². The van der Waals surface area contributed by atoms with Crippen LogP contribution in [0.25, 0.3) is 0 Å². The molecule has 154 valence electrons. The van der Waals surface area contributed by atoms with E-state index in [9.17, 15) is 9.59 Å². The molecule has 3 rings (SSSR count). The molecular weight excluding hydrogens is 360 g/mol. The number of esters is 1. The molecule has 2 amide bonds. The third-order valence-corrected chi connectivity index (χ3v) is 5.16. The number of urea groups is 1. The number of piperazine rings is 1. The van der Waals surface area contributed by atoms with E-state index >= 15 is 0 Å². The van der Waals surface area contributed by atoms with E-state index in [2.05, 4.69) is 15.1 Å². The van der Waals surface area contributed by atoms with Crippen LogP contribution < -0.4 is 5.32 Å². The van der Waals surface area contributed by atoms with Crippen molar-refractivity contribution in [2.24, 2.45) is 0 Å². The summed E-state index contributed by atoms with van der Waals surface area (Å²) in [4.78, 5) is 31.3. The van der Waals surface area contributed by atoms with E-state index in [1.807, 2.05) is 0 Å². The lowest BCUT2D eigenvalue weighted by molar-refractivity contribution is 0.0310. The fraction of sp³-hybridized carbons (Fsp3) is 0.600. The second-order valence-corrected chi connectivity index (χ2v) is 6.98. The molecule has 1 N–H and O–H groups in total. The number of nitrogens with zero attached hydrogens (tertiary/aromatic N) is 3. The van der Waals surface area contributed by atoms with Gasteiger partial charge in [-0.3, -0.25) is 9.80 Å². The molecule has 0 radical (unpaired) electrons. The van der Waals surface area contributed by atoms with Gasteiger partial charge in [0.05, 0.1) is 31.1 Å². The van der Waals surface area contributed by atoms with Crippen LogP contribution in [0, 0.1) is 0 Å². The Kier molecular flexibility index (Phi) is 7.64. The molecular formula is C20H30N4O4. The summed E-state index contributed by atoms with van der Waals surface area (Å²) in [7, 11) is 0. The van der Waals surface area contributed by atoms with Crippen LogP contribution in [0.3, 0.4) is 0 Å². The van der Waals surface area contributed by atoms with Gasteiger partial charge in [0.2, 0.25) is 0 Å². The van der Waals surface area contributed by atoms with Gasteiger partial charge in [0.1, 0.15) is 0 Å². The zero-order chi connectivity index (χ0) is 19.8. The highest BCUT2D eigenvalue weighted by molar-refractivity contribution is 6.00. The van der Waals surface area contributed by atoms with E-state index in [0.717, 1.165) is 52.5 Å². The van der Waals surface area contributed by atoms with Crippen molar-refractivity contribution in [3.05, 3.63) is 29.8 Å². The highest BCUT2D eigenvalue weighted by Gasteiger charge is 2.23. The van der Waals surface area contributed by atoms with Crippen LogP contribution in [-0.4, -0.2) is 98.9 Å². The Bertz CT molecular complexity index is 655. The van der Waals surface area contributed by atoms with Gasteiger partial charge in [-0.1, -0.05) is 12.1 Å². The Labute approximate surface area is 166 Å². The summed E-state index contributed by atoms with van der Waals surface area (Å²) < 4.78 is 10.4.